The van der Waals surface area contributed by atoms with Gasteiger partial charge in [0.25, 0.3) is 0 Å². The second-order valence-corrected chi connectivity index (χ2v) is 7.37. The number of halogens is 2. The van der Waals surface area contributed by atoms with Crippen LogP contribution in [-0.4, -0.2) is 32.3 Å². The lowest BCUT2D eigenvalue weighted by atomic mass is 9.74. The van der Waals surface area contributed by atoms with Gasteiger partial charge in [-0.2, -0.15) is 0 Å². The minimum absolute atomic E-state index is 0. The van der Waals surface area contributed by atoms with Crippen LogP contribution in [0.5, 0.6) is 0 Å². The Morgan fingerprint density at radius 3 is 2.38 bits per heavy atom. The number of hydrogen-bond acceptors (Lipinski definition) is 2. The van der Waals surface area contributed by atoms with Crippen LogP contribution < -0.4 is 10.6 Å². The number of benzene rings is 2. The van der Waals surface area contributed by atoms with Gasteiger partial charge in [0.15, 0.2) is 5.96 Å². The molecule has 2 aromatic carbocycles. The van der Waals surface area contributed by atoms with Crippen molar-refractivity contribution < 1.29 is 9.13 Å². The van der Waals surface area contributed by atoms with E-state index in [0.717, 1.165) is 30.9 Å². The topological polar surface area (TPSA) is 45.7 Å². The summed E-state index contributed by atoms with van der Waals surface area (Å²) < 4.78 is 19.0. The first-order chi connectivity index (χ1) is 13.6. The lowest BCUT2D eigenvalue weighted by molar-refractivity contribution is 0.0530. The lowest BCUT2D eigenvalue weighted by Crippen LogP contribution is -2.42. The van der Waals surface area contributed by atoms with E-state index < -0.39 is 0 Å². The molecule has 3 rings (SSSR count). The zero-order chi connectivity index (χ0) is 19.8. The fourth-order valence-electron chi connectivity index (χ4n) is 3.68. The van der Waals surface area contributed by atoms with E-state index in [2.05, 4.69) is 36.6 Å². The molecule has 158 valence electrons. The van der Waals surface area contributed by atoms with E-state index in [1.54, 1.807) is 0 Å². The Bertz CT molecular complexity index is 761. The highest BCUT2D eigenvalue weighted by atomic mass is 127. The molecule has 0 amide bonds. The van der Waals surface area contributed by atoms with E-state index >= 15 is 0 Å². The van der Waals surface area contributed by atoms with Gasteiger partial charge >= 0.3 is 0 Å². The molecule has 0 spiro atoms. The average molecular weight is 511 g/mol. The molecule has 1 aliphatic rings. The molecule has 1 atom stereocenters. The number of aliphatic imine (C=N–C) groups is 1. The molecular weight excluding hydrogens is 480 g/mol. The molecular formula is C23H31FIN3O. The SMILES string of the molecule is CCNC(=NCC1(c2ccc(F)cc2)CCOCC1)NC(C)c1ccccc1.I. The maximum Gasteiger partial charge on any atom is 0.191 e. The third-order valence-corrected chi connectivity index (χ3v) is 5.44. The Balaban J connectivity index is 0.00000300. The number of hydrogen-bond donors (Lipinski definition) is 2. The maximum atomic E-state index is 13.4. The molecule has 4 nitrogen and oxygen atoms in total. The van der Waals surface area contributed by atoms with Crippen molar-refractivity contribution in [1.29, 1.82) is 0 Å². The zero-order valence-corrected chi connectivity index (χ0v) is 19.5. The molecule has 1 saturated heterocycles. The molecule has 6 heteroatoms. The van der Waals surface area contributed by atoms with Gasteiger partial charge in [0.2, 0.25) is 0 Å². The summed E-state index contributed by atoms with van der Waals surface area (Å²) in [6.07, 6.45) is 1.77. The first-order valence-corrected chi connectivity index (χ1v) is 10.1. The number of rotatable bonds is 6. The second-order valence-electron chi connectivity index (χ2n) is 7.37. The molecule has 1 aliphatic heterocycles. The number of ether oxygens (including phenoxy) is 1. The van der Waals surface area contributed by atoms with Gasteiger partial charge in [-0.15, -0.1) is 24.0 Å². The highest BCUT2D eigenvalue weighted by molar-refractivity contribution is 14.0. The predicted molar refractivity (Wildman–Crippen MR) is 128 cm³/mol. The molecule has 1 fully saturated rings. The minimum atomic E-state index is -0.207. The number of nitrogens with one attached hydrogen (secondary N) is 2. The van der Waals surface area contributed by atoms with Crippen LogP contribution in [0.2, 0.25) is 0 Å². The van der Waals surface area contributed by atoms with Gasteiger partial charge in [0.05, 0.1) is 12.6 Å². The monoisotopic (exact) mass is 511 g/mol. The Morgan fingerprint density at radius 2 is 1.76 bits per heavy atom. The Kier molecular flexibility index (Phi) is 9.36. The van der Waals surface area contributed by atoms with Crippen molar-refractivity contribution in [3.63, 3.8) is 0 Å². The second kappa shape index (κ2) is 11.5. The maximum absolute atomic E-state index is 13.4. The predicted octanol–water partition coefficient (Wildman–Crippen LogP) is 4.81. The molecule has 0 aromatic heterocycles. The standard InChI is InChI=1S/C23H30FN3O.HI/c1-3-25-22(27-18(2)19-7-5-4-6-8-19)26-17-23(13-15-28-16-14-23)20-9-11-21(24)12-10-20;/h4-12,18H,3,13-17H2,1-2H3,(H2,25,26,27);1H. The normalized spacial score (nSPS) is 17.1. The zero-order valence-electron chi connectivity index (χ0n) is 17.2. The fraction of sp³-hybridized carbons (Fsp3) is 0.435. The summed E-state index contributed by atoms with van der Waals surface area (Å²) in [5.41, 5.74) is 2.23. The third kappa shape index (κ3) is 6.40. The van der Waals surface area contributed by atoms with Crippen molar-refractivity contribution in [3.8, 4) is 0 Å². The highest BCUT2D eigenvalue weighted by Crippen LogP contribution is 2.35. The van der Waals surface area contributed by atoms with Crippen LogP contribution in [-0.2, 0) is 10.2 Å². The fourth-order valence-corrected chi connectivity index (χ4v) is 3.68. The average Bonchev–Trinajstić information content (AvgIpc) is 2.74. The molecule has 0 aliphatic carbocycles. The molecule has 2 N–H and O–H groups in total. The van der Waals surface area contributed by atoms with E-state index in [0.29, 0.717) is 19.8 Å². The van der Waals surface area contributed by atoms with Crippen LogP contribution in [0, 0.1) is 5.82 Å². The van der Waals surface area contributed by atoms with E-state index in [-0.39, 0.29) is 41.3 Å². The van der Waals surface area contributed by atoms with Gasteiger partial charge in [0, 0.05) is 25.2 Å². The number of nitrogens with zero attached hydrogens (tertiary/aromatic N) is 1. The Morgan fingerprint density at radius 1 is 1.10 bits per heavy atom. The molecule has 0 saturated carbocycles. The van der Waals surface area contributed by atoms with Gasteiger partial charge in [0.1, 0.15) is 5.82 Å². The van der Waals surface area contributed by atoms with E-state index in [9.17, 15) is 4.39 Å². The van der Waals surface area contributed by atoms with E-state index in [4.69, 9.17) is 9.73 Å². The summed E-state index contributed by atoms with van der Waals surface area (Å²) in [4.78, 5) is 4.92. The van der Waals surface area contributed by atoms with Crippen LogP contribution in [0.15, 0.2) is 59.6 Å². The first-order valence-electron chi connectivity index (χ1n) is 10.1. The molecule has 0 radical (unpaired) electrons. The van der Waals surface area contributed by atoms with Crippen LogP contribution in [0.25, 0.3) is 0 Å². The summed E-state index contributed by atoms with van der Waals surface area (Å²) in [5.74, 6) is 0.591. The smallest absolute Gasteiger partial charge is 0.191 e. The van der Waals surface area contributed by atoms with Gasteiger partial charge in [-0.25, -0.2) is 4.39 Å². The molecule has 2 aromatic rings. The van der Waals surface area contributed by atoms with Crippen LogP contribution in [0.4, 0.5) is 4.39 Å². The molecule has 0 bridgehead atoms. The third-order valence-electron chi connectivity index (χ3n) is 5.44. The highest BCUT2D eigenvalue weighted by Gasteiger charge is 2.34. The van der Waals surface area contributed by atoms with Crippen molar-refractivity contribution in [2.75, 3.05) is 26.3 Å². The van der Waals surface area contributed by atoms with Crippen LogP contribution in [0.3, 0.4) is 0 Å². The largest absolute Gasteiger partial charge is 0.381 e. The summed E-state index contributed by atoms with van der Waals surface area (Å²) >= 11 is 0. The van der Waals surface area contributed by atoms with E-state index in [1.165, 1.54) is 17.7 Å². The van der Waals surface area contributed by atoms with Crippen molar-refractivity contribution in [1.82, 2.24) is 10.6 Å². The summed E-state index contributed by atoms with van der Waals surface area (Å²) in [6, 6.07) is 17.3. The lowest BCUT2D eigenvalue weighted by Gasteiger charge is -2.36. The quantitative estimate of drug-likeness (QED) is 0.333. The van der Waals surface area contributed by atoms with Crippen molar-refractivity contribution >= 4 is 29.9 Å². The molecule has 1 heterocycles. The van der Waals surface area contributed by atoms with Gasteiger partial charge in [-0.05, 0) is 49.9 Å². The molecule has 29 heavy (non-hydrogen) atoms. The summed E-state index contributed by atoms with van der Waals surface area (Å²) in [6.45, 7) is 7.04. The van der Waals surface area contributed by atoms with Gasteiger partial charge in [-0.3, -0.25) is 4.99 Å². The van der Waals surface area contributed by atoms with E-state index in [1.807, 2.05) is 30.3 Å². The van der Waals surface area contributed by atoms with Crippen molar-refractivity contribution in [2.24, 2.45) is 4.99 Å². The van der Waals surface area contributed by atoms with Crippen molar-refractivity contribution in [2.45, 2.75) is 38.1 Å². The van der Waals surface area contributed by atoms with Crippen LogP contribution in [0.1, 0.15) is 43.9 Å². The van der Waals surface area contributed by atoms with Crippen LogP contribution >= 0.6 is 24.0 Å². The van der Waals surface area contributed by atoms with Crippen molar-refractivity contribution in [3.05, 3.63) is 71.5 Å². The number of guanidine groups is 1. The minimum Gasteiger partial charge on any atom is -0.381 e. The molecule has 1 unspecified atom stereocenters. The van der Waals surface area contributed by atoms with Gasteiger partial charge in [-0.1, -0.05) is 42.5 Å². The summed E-state index contributed by atoms with van der Waals surface area (Å²) in [7, 11) is 0. The Labute approximate surface area is 190 Å². The first kappa shape index (κ1) is 23.6. The Hall–Kier alpha value is -1.67. The van der Waals surface area contributed by atoms with Gasteiger partial charge < -0.3 is 15.4 Å². The summed E-state index contributed by atoms with van der Waals surface area (Å²) in [5, 5.41) is 6.85.